The van der Waals surface area contributed by atoms with Gasteiger partial charge in [-0.3, -0.25) is 4.90 Å². The molecule has 1 aliphatic carbocycles. The van der Waals surface area contributed by atoms with E-state index in [0.717, 1.165) is 26.0 Å². The van der Waals surface area contributed by atoms with Gasteiger partial charge in [-0.1, -0.05) is 25.7 Å². The number of piperazine rings is 1. The van der Waals surface area contributed by atoms with E-state index in [9.17, 15) is 0 Å². The maximum Gasteiger partial charge on any atom is 0.0804 e. The van der Waals surface area contributed by atoms with E-state index in [4.69, 9.17) is 10.5 Å². The number of likely N-dealkylation sites (N-methyl/N-ethyl adjacent to an activating group) is 1. The van der Waals surface area contributed by atoms with Crippen LogP contribution < -0.4 is 5.73 Å². The molecule has 1 heterocycles. The standard InChI is InChI=1S/C15H31N3O/c1-17-8-10-18(11-9-17)12-13-19-15(14-16)6-4-2-3-5-7-15/h2-14,16H2,1H3. The average molecular weight is 269 g/mol. The van der Waals surface area contributed by atoms with Gasteiger partial charge >= 0.3 is 0 Å². The molecule has 0 amide bonds. The van der Waals surface area contributed by atoms with E-state index < -0.39 is 0 Å². The molecule has 2 fully saturated rings. The third kappa shape index (κ3) is 4.71. The third-order valence-electron chi connectivity index (χ3n) is 4.80. The lowest BCUT2D eigenvalue weighted by Gasteiger charge is -2.35. The number of ether oxygens (including phenoxy) is 1. The maximum absolute atomic E-state index is 6.25. The van der Waals surface area contributed by atoms with Crippen molar-refractivity contribution in [3.8, 4) is 0 Å². The van der Waals surface area contributed by atoms with Gasteiger partial charge in [-0.25, -0.2) is 0 Å². The molecule has 0 aromatic heterocycles. The molecule has 0 radical (unpaired) electrons. The van der Waals surface area contributed by atoms with Crippen LogP contribution >= 0.6 is 0 Å². The van der Waals surface area contributed by atoms with Crippen LogP contribution in [-0.4, -0.2) is 68.3 Å². The van der Waals surface area contributed by atoms with Gasteiger partial charge < -0.3 is 15.4 Å². The van der Waals surface area contributed by atoms with Gasteiger partial charge in [-0.15, -0.1) is 0 Å². The minimum absolute atomic E-state index is 0.0108. The first kappa shape index (κ1) is 15.2. The Kier molecular flexibility index (Phi) is 6.07. The lowest BCUT2D eigenvalue weighted by Crippen LogP contribution is -2.47. The Bertz CT molecular complexity index is 244. The van der Waals surface area contributed by atoms with Crippen LogP contribution in [0.1, 0.15) is 38.5 Å². The summed E-state index contributed by atoms with van der Waals surface area (Å²) in [5.74, 6) is 0. The fourth-order valence-electron chi connectivity index (χ4n) is 3.24. The Labute approximate surface area is 118 Å². The molecule has 0 aromatic rings. The molecule has 4 heteroatoms. The molecule has 0 aromatic carbocycles. The Morgan fingerprint density at radius 2 is 1.63 bits per heavy atom. The van der Waals surface area contributed by atoms with E-state index in [1.165, 1.54) is 51.9 Å². The molecule has 0 spiro atoms. The van der Waals surface area contributed by atoms with Crippen molar-refractivity contribution in [1.82, 2.24) is 9.80 Å². The Morgan fingerprint density at radius 3 is 2.21 bits per heavy atom. The van der Waals surface area contributed by atoms with Gasteiger partial charge in [0, 0.05) is 39.3 Å². The van der Waals surface area contributed by atoms with Crippen molar-refractivity contribution in [2.24, 2.45) is 5.73 Å². The Morgan fingerprint density at radius 1 is 1.00 bits per heavy atom. The van der Waals surface area contributed by atoms with Crippen LogP contribution in [0.3, 0.4) is 0 Å². The molecular weight excluding hydrogens is 238 g/mol. The molecule has 2 N–H and O–H groups in total. The van der Waals surface area contributed by atoms with Gasteiger partial charge in [0.2, 0.25) is 0 Å². The van der Waals surface area contributed by atoms with Crippen LogP contribution in [0.5, 0.6) is 0 Å². The molecule has 112 valence electrons. The van der Waals surface area contributed by atoms with E-state index >= 15 is 0 Å². The fraction of sp³-hybridized carbons (Fsp3) is 1.00. The van der Waals surface area contributed by atoms with Crippen molar-refractivity contribution in [2.75, 3.05) is 52.9 Å². The summed E-state index contributed by atoms with van der Waals surface area (Å²) < 4.78 is 6.25. The molecule has 19 heavy (non-hydrogen) atoms. The van der Waals surface area contributed by atoms with E-state index in [2.05, 4.69) is 16.8 Å². The zero-order valence-electron chi connectivity index (χ0n) is 12.6. The van der Waals surface area contributed by atoms with E-state index in [1.54, 1.807) is 0 Å². The second kappa shape index (κ2) is 7.58. The van der Waals surface area contributed by atoms with Crippen molar-refractivity contribution in [3.63, 3.8) is 0 Å². The third-order valence-corrected chi connectivity index (χ3v) is 4.80. The zero-order chi connectivity index (χ0) is 13.6. The monoisotopic (exact) mass is 269 g/mol. The summed E-state index contributed by atoms with van der Waals surface area (Å²) in [4.78, 5) is 4.91. The Balaban J connectivity index is 1.70. The van der Waals surface area contributed by atoms with Crippen molar-refractivity contribution in [1.29, 1.82) is 0 Å². The Hall–Kier alpha value is -0.160. The highest BCUT2D eigenvalue weighted by Crippen LogP contribution is 2.29. The molecule has 0 atom stereocenters. The summed E-state index contributed by atoms with van der Waals surface area (Å²) in [7, 11) is 2.20. The summed E-state index contributed by atoms with van der Waals surface area (Å²) in [6.07, 6.45) is 7.59. The smallest absolute Gasteiger partial charge is 0.0804 e. The molecular formula is C15H31N3O. The van der Waals surface area contributed by atoms with Crippen molar-refractivity contribution in [2.45, 2.75) is 44.1 Å². The van der Waals surface area contributed by atoms with Gasteiger partial charge in [0.15, 0.2) is 0 Å². The second-order valence-corrected chi connectivity index (χ2v) is 6.29. The number of hydrogen-bond acceptors (Lipinski definition) is 4. The van der Waals surface area contributed by atoms with Crippen LogP contribution in [0.4, 0.5) is 0 Å². The van der Waals surface area contributed by atoms with Crippen LogP contribution in [0, 0.1) is 0 Å². The molecule has 1 saturated carbocycles. The highest BCUT2D eigenvalue weighted by Gasteiger charge is 2.30. The normalized spacial score (nSPS) is 26.2. The lowest BCUT2D eigenvalue weighted by molar-refractivity contribution is -0.0581. The number of nitrogens with zero attached hydrogens (tertiary/aromatic N) is 2. The highest BCUT2D eigenvalue weighted by atomic mass is 16.5. The average Bonchev–Trinajstić information content (AvgIpc) is 2.67. The number of hydrogen-bond donors (Lipinski definition) is 1. The lowest BCUT2D eigenvalue weighted by atomic mass is 9.94. The van der Waals surface area contributed by atoms with Gasteiger partial charge in [0.25, 0.3) is 0 Å². The molecule has 0 bridgehead atoms. The fourth-order valence-corrected chi connectivity index (χ4v) is 3.24. The predicted octanol–water partition coefficient (Wildman–Crippen LogP) is 1.30. The molecule has 1 saturated heterocycles. The summed E-state index contributed by atoms with van der Waals surface area (Å²) in [6, 6.07) is 0. The molecule has 2 rings (SSSR count). The van der Waals surface area contributed by atoms with E-state index in [0.29, 0.717) is 6.54 Å². The van der Waals surface area contributed by atoms with Crippen LogP contribution in [0.25, 0.3) is 0 Å². The molecule has 0 unspecified atom stereocenters. The minimum Gasteiger partial charge on any atom is -0.372 e. The van der Waals surface area contributed by atoms with Crippen molar-refractivity contribution >= 4 is 0 Å². The number of nitrogens with two attached hydrogens (primary N) is 1. The first-order chi connectivity index (χ1) is 9.24. The van der Waals surface area contributed by atoms with Gasteiger partial charge in [0.1, 0.15) is 0 Å². The predicted molar refractivity (Wildman–Crippen MR) is 79.4 cm³/mol. The first-order valence-electron chi connectivity index (χ1n) is 7.99. The second-order valence-electron chi connectivity index (χ2n) is 6.29. The quantitative estimate of drug-likeness (QED) is 0.764. The molecule has 1 aliphatic heterocycles. The largest absolute Gasteiger partial charge is 0.372 e. The van der Waals surface area contributed by atoms with Crippen LogP contribution in [0.2, 0.25) is 0 Å². The van der Waals surface area contributed by atoms with Crippen LogP contribution in [0.15, 0.2) is 0 Å². The molecule has 4 nitrogen and oxygen atoms in total. The summed E-state index contributed by atoms with van der Waals surface area (Å²) in [5.41, 5.74) is 5.99. The van der Waals surface area contributed by atoms with E-state index in [1.807, 2.05) is 0 Å². The summed E-state index contributed by atoms with van der Waals surface area (Å²) >= 11 is 0. The minimum atomic E-state index is -0.0108. The van der Waals surface area contributed by atoms with Gasteiger partial charge in [-0.05, 0) is 19.9 Å². The SMILES string of the molecule is CN1CCN(CCOC2(CN)CCCCCC2)CC1. The van der Waals surface area contributed by atoms with Crippen LogP contribution in [-0.2, 0) is 4.74 Å². The molecule has 2 aliphatic rings. The van der Waals surface area contributed by atoms with Crippen molar-refractivity contribution in [3.05, 3.63) is 0 Å². The number of rotatable bonds is 5. The van der Waals surface area contributed by atoms with Gasteiger partial charge in [-0.2, -0.15) is 0 Å². The highest BCUT2D eigenvalue weighted by molar-refractivity contribution is 4.84. The summed E-state index contributed by atoms with van der Waals surface area (Å²) in [5, 5.41) is 0. The zero-order valence-corrected chi connectivity index (χ0v) is 12.6. The van der Waals surface area contributed by atoms with E-state index in [-0.39, 0.29) is 5.60 Å². The topological polar surface area (TPSA) is 41.7 Å². The summed E-state index contributed by atoms with van der Waals surface area (Å²) in [6.45, 7) is 7.32. The van der Waals surface area contributed by atoms with Crippen molar-refractivity contribution < 1.29 is 4.74 Å². The van der Waals surface area contributed by atoms with Gasteiger partial charge in [0.05, 0.1) is 12.2 Å². The first-order valence-corrected chi connectivity index (χ1v) is 7.99. The maximum atomic E-state index is 6.25.